The Morgan fingerprint density at radius 1 is 1.00 bits per heavy atom. The summed E-state index contributed by atoms with van der Waals surface area (Å²) in [4.78, 5) is 0.251. The van der Waals surface area contributed by atoms with Gasteiger partial charge in [-0.25, -0.2) is 0 Å². The molecule has 0 spiro atoms. The third kappa shape index (κ3) is 5.82. The number of benzene rings is 3. The van der Waals surface area contributed by atoms with E-state index in [-0.39, 0.29) is 11.5 Å². The number of hydrogen-bond donors (Lipinski definition) is 1. The molecule has 0 unspecified atom stereocenters. The maximum absolute atomic E-state index is 11.0. The van der Waals surface area contributed by atoms with Crippen molar-refractivity contribution >= 4 is 10.1 Å². The maximum atomic E-state index is 11.0. The molecule has 0 saturated heterocycles. The molecule has 5 nitrogen and oxygen atoms in total. The van der Waals surface area contributed by atoms with Crippen molar-refractivity contribution in [2.24, 2.45) is 0 Å². The monoisotopic (exact) mass is 412 g/mol. The van der Waals surface area contributed by atoms with Crippen LogP contribution in [0.2, 0.25) is 0 Å². The number of ether oxygens (including phenoxy) is 1. The second kappa shape index (κ2) is 9.58. The van der Waals surface area contributed by atoms with Gasteiger partial charge in [-0.2, -0.15) is 8.42 Å². The molecular formula is C23H24O5S. The Balaban J connectivity index is 0.000000186. The zero-order valence-electron chi connectivity index (χ0n) is 16.2. The molecule has 1 N–H and O–H groups in total. The lowest BCUT2D eigenvalue weighted by Gasteiger charge is -2.11. The van der Waals surface area contributed by atoms with Crippen molar-refractivity contribution in [1.29, 1.82) is 0 Å². The normalized spacial score (nSPS) is 13.8. The Morgan fingerprint density at radius 2 is 1.79 bits per heavy atom. The molecule has 29 heavy (non-hydrogen) atoms. The van der Waals surface area contributed by atoms with Crippen LogP contribution in [-0.4, -0.2) is 13.5 Å². The van der Waals surface area contributed by atoms with Crippen LogP contribution < -0.4 is 4.74 Å². The number of aromatic hydroxyl groups is 1. The number of phenols is 1. The van der Waals surface area contributed by atoms with Crippen LogP contribution in [0.5, 0.6) is 11.5 Å². The van der Waals surface area contributed by atoms with Gasteiger partial charge >= 0.3 is 0 Å². The fourth-order valence-electron chi connectivity index (χ4n) is 2.91. The summed E-state index contributed by atoms with van der Waals surface area (Å²) in [5.74, 6) is 1.16. The van der Waals surface area contributed by atoms with Crippen molar-refractivity contribution in [3.8, 4) is 11.5 Å². The molecule has 4 rings (SSSR count). The average molecular weight is 413 g/mol. The molecular weight excluding hydrogens is 388 g/mol. The minimum atomic E-state index is -3.42. The predicted octanol–water partition coefficient (Wildman–Crippen LogP) is 4.83. The van der Waals surface area contributed by atoms with E-state index in [2.05, 4.69) is 11.1 Å². The van der Waals surface area contributed by atoms with Gasteiger partial charge in [-0.1, -0.05) is 55.8 Å². The SMILES string of the molecule is CCCc1cc(O)ccc1OCc1ccccc1.O=S1(=O)OCc2cccc1c2. The zero-order valence-corrected chi connectivity index (χ0v) is 17.1. The number of hydrogen-bond acceptors (Lipinski definition) is 5. The standard InChI is InChI=1S/C16H18O2.C7H6O3S/c1-2-6-14-11-15(17)9-10-16(14)18-12-13-7-4-3-5-8-13;8-11(9)7-3-1-2-6(4-7)5-10-11/h3-5,7-11,17H,2,6,12H2,1H3;1-4H,5H2. The van der Waals surface area contributed by atoms with Crippen molar-refractivity contribution in [3.63, 3.8) is 0 Å². The highest BCUT2D eigenvalue weighted by Gasteiger charge is 2.19. The van der Waals surface area contributed by atoms with Crippen LogP contribution in [0, 0.1) is 0 Å². The smallest absolute Gasteiger partial charge is 0.297 e. The average Bonchev–Trinajstić information content (AvgIpc) is 2.73. The van der Waals surface area contributed by atoms with E-state index in [1.807, 2.05) is 42.5 Å². The number of phenolic OH excluding ortho intramolecular Hbond substituents is 1. The third-order valence-corrected chi connectivity index (χ3v) is 5.63. The first-order valence-electron chi connectivity index (χ1n) is 9.45. The Hall–Kier alpha value is -2.83. The van der Waals surface area contributed by atoms with Crippen molar-refractivity contribution in [2.45, 2.75) is 37.9 Å². The molecule has 0 aliphatic carbocycles. The molecule has 3 aromatic carbocycles. The lowest BCUT2D eigenvalue weighted by molar-refractivity contribution is 0.301. The molecule has 0 aromatic heterocycles. The Labute approximate surface area is 171 Å². The molecule has 0 saturated carbocycles. The minimum absolute atomic E-state index is 0.163. The number of aryl methyl sites for hydroxylation is 1. The first-order chi connectivity index (χ1) is 14.0. The second-order valence-electron chi connectivity index (χ2n) is 6.68. The van der Waals surface area contributed by atoms with E-state index in [1.165, 1.54) is 6.07 Å². The molecule has 6 heteroatoms. The molecule has 3 aromatic rings. The zero-order chi connectivity index (χ0) is 20.7. The van der Waals surface area contributed by atoms with Crippen LogP contribution in [0.1, 0.15) is 30.0 Å². The highest BCUT2D eigenvalue weighted by molar-refractivity contribution is 7.86. The molecule has 0 atom stereocenters. The summed E-state index contributed by atoms with van der Waals surface area (Å²) >= 11 is 0. The van der Waals surface area contributed by atoms with E-state index in [4.69, 9.17) is 4.74 Å². The second-order valence-corrected chi connectivity index (χ2v) is 8.30. The molecule has 0 radical (unpaired) electrons. The number of rotatable bonds is 5. The summed E-state index contributed by atoms with van der Waals surface area (Å²) in [5, 5.41) is 9.49. The summed E-state index contributed by atoms with van der Waals surface area (Å²) < 4.78 is 32.5. The van der Waals surface area contributed by atoms with Gasteiger partial charge in [-0.15, -0.1) is 0 Å². The third-order valence-electron chi connectivity index (χ3n) is 4.37. The van der Waals surface area contributed by atoms with Crippen molar-refractivity contribution < 1.29 is 22.4 Å². The van der Waals surface area contributed by atoms with Crippen LogP contribution in [0.25, 0.3) is 0 Å². The van der Waals surface area contributed by atoms with E-state index in [1.54, 1.807) is 24.3 Å². The minimum Gasteiger partial charge on any atom is -0.508 e. The van der Waals surface area contributed by atoms with Crippen LogP contribution in [0.3, 0.4) is 0 Å². The van der Waals surface area contributed by atoms with Crippen LogP contribution >= 0.6 is 0 Å². The topological polar surface area (TPSA) is 72.8 Å². The maximum Gasteiger partial charge on any atom is 0.297 e. The van der Waals surface area contributed by atoms with Gasteiger partial charge in [-0.05, 0) is 53.4 Å². The lowest BCUT2D eigenvalue weighted by atomic mass is 10.1. The molecule has 1 heterocycles. The van der Waals surface area contributed by atoms with Gasteiger partial charge in [0.1, 0.15) is 18.1 Å². The van der Waals surface area contributed by atoms with Crippen molar-refractivity contribution in [3.05, 3.63) is 89.5 Å². The summed E-state index contributed by atoms with van der Waals surface area (Å²) in [6, 6.07) is 22.1. The summed E-state index contributed by atoms with van der Waals surface area (Å²) in [5.41, 5.74) is 3.11. The van der Waals surface area contributed by atoms with Crippen LogP contribution in [0.15, 0.2) is 77.7 Å². The van der Waals surface area contributed by atoms with Gasteiger partial charge in [0, 0.05) is 0 Å². The van der Waals surface area contributed by atoms with Gasteiger partial charge in [0.25, 0.3) is 10.1 Å². The molecule has 0 amide bonds. The van der Waals surface area contributed by atoms with E-state index in [0.717, 1.165) is 35.3 Å². The van der Waals surface area contributed by atoms with E-state index < -0.39 is 10.1 Å². The van der Waals surface area contributed by atoms with Crippen LogP contribution in [0.4, 0.5) is 0 Å². The largest absolute Gasteiger partial charge is 0.508 e. The van der Waals surface area contributed by atoms with Gasteiger partial charge in [0.05, 0.1) is 11.5 Å². The lowest BCUT2D eigenvalue weighted by Crippen LogP contribution is -2.11. The molecule has 1 aliphatic rings. The highest BCUT2D eigenvalue weighted by atomic mass is 32.2. The Kier molecular flexibility index (Phi) is 6.90. The van der Waals surface area contributed by atoms with Gasteiger partial charge in [0.15, 0.2) is 0 Å². The molecule has 152 valence electrons. The van der Waals surface area contributed by atoms with E-state index in [9.17, 15) is 13.5 Å². The number of fused-ring (bicyclic) bond motifs is 2. The summed E-state index contributed by atoms with van der Waals surface area (Å²) in [7, 11) is -3.42. The molecule has 0 fully saturated rings. The molecule has 2 bridgehead atoms. The highest BCUT2D eigenvalue weighted by Crippen LogP contribution is 2.25. The predicted molar refractivity (Wildman–Crippen MR) is 111 cm³/mol. The van der Waals surface area contributed by atoms with Gasteiger partial charge in [-0.3, -0.25) is 4.18 Å². The fourth-order valence-corrected chi connectivity index (χ4v) is 3.88. The van der Waals surface area contributed by atoms with Crippen LogP contribution in [-0.2, 0) is 33.9 Å². The Morgan fingerprint density at radius 3 is 2.52 bits per heavy atom. The molecule has 1 aliphatic heterocycles. The first kappa shape index (κ1) is 20.9. The summed E-state index contributed by atoms with van der Waals surface area (Å²) in [6.45, 7) is 2.84. The van der Waals surface area contributed by atoms with Crippen molar-refractivity contribution in [2.75, 3.05) is 0 Å². The first-order valence-corrected chi connectivity index (χ1v) is 10.9. The Bertz CT molecular complexity index is 1050. The van der Waals surface area contributed by atoms with Gasteiger partial charge < -0.3 is 9.84 Å². The fraction of sp³-hybridized carbons (Fsp3) is 0.217. The quantitative estimate of drug-likeness (QED) is 0.608. The summed E-state index contributed by atoms with van der Waals surface area (Å²) in [6.07, 6.45) is 1.95. The van der Waals surface area contributed by atoms with E-state index in [0.29, 0.717) is 12.4 Å². The van der Waals surface area contributed by atoms with E-state index >= 15 is 0 Å². The van der Waals surface area contributed by atoms with Crippen molar-refractivity contribution in [1.82, 2.24) is 0 Å². The van der Waals surface area contributed by atoms with Gasteiger partial charge in [0.2, 0.25) is 0 Å².